The molecule has 1 N–H and O–H groups in total. The predicted octanol–water partition coefficient (Wildman–Crippen LogP) is 1.78. The maximum Gasteiger partial charge on any atom is 0.339 e. The zero-order chi connectivity index (χ0) is 15.2. The van der Waals surface area contributed by atoms with Gasteiger partial charge in [-0.05, 0) is 31.9 Å². The van der Waals surface area contributed by atoms with Crippen LogP contribution in [0.4, 0.5) is 0 Å². The van der Waals surface area contributed by atoms with Crippen LogP contribution in [-0.4, -0.2) is 48.2 Å². The Bertz CT molecular complexity index is 523. The number of likely N-dealkylation sites (tertiary alicyclic amines) is 1. The number of carbonyl (C=O) groups is 2. The molecule has 1 aliphatic rings. The highest BCUT2D eigenvalue weighted by molar-refractivity contribution is 5.92. The highest BCUT2D eigenvalue weighted by Gasteiger charge is 2.21. The summed E-state index contributed by atoms with van der Waals surface area (Å²) < 4.78 is 10.8. The van der Waals surface area contributed by atoms with E-state index in [-0.39, 0.29) is 23.8 Å². The van der Waals surface area contributed by atoms with Gasteiger partial charge in [-0.1, -0.05) is 6.07 Å². The molecule has 1 saturated heterocycles. The van der Waals surface area contributed by atoms with E-state index in [1.807, 2.05) is 0 Å². The molecule has 0 radical (unpaired) electrons. The quantitative estimate of drug-likeness (QED) is 0.865. The van der Waals surface area contributed by atoms with Gasteiger partial charge in [0.05, 0.1) is 6.61 Å². The van der Waals surface area contributed by atoms with Gasteiger partial charge in [0, 0.05) is 13.1 Å². The van der Waals surface area contributed by atoms with Crippen LogP contribution in [0.5, 0.6) is 11.5 Å². The van der Waals surface area contributed by atoms with Crippen molar-refractivity contribution in [2.24, 2.45) is 0 Å². The zero-order valence-corrected chi connectivity index (χ0v) is 12.0. The van der Waals surface area contributed by atoms with Crippen molar-refractivity contribution < 1.29 is 24.2 Å². The maximum absolute atomic E-state index is 12.0. The fourth-order valence-corrected chi connectivity index (χ4v) is 2.29. The van der Waals surface area contributed by atoms with Crippen LogP contribution in [0.25, 0.3) is 0 Å². The van der Waals surface area contributed by atoms with Gasteiger partial charge in [-0.2, -0.15) is 0 Å². The molecule has 0 spiro atoms. The Hall–Kier alpha value is -2.24. The zero-order valence-electron chi connectivity index (χ0n) is 12.0. The summed E-state index contributed by atoms with van der Waals surface area (Å²) in [6.07, 6.45) is 2.00. The van der Waals surface area contributed by atoms with Gasteiger partial charge >= 0.3 is 5.97 Å². The van der Waals surface area contributed by atoms with Crippen LogP contribution in [0.1, 0.15) is 30.1 Å². The van der Waals surface area contributed by atoms with Gasteiger partial charge in [-0.3, -0.25) is 4.79 Å². The number of benzene rings is 1. The Morgan fingerprint density at radius 3 is 2.57 bits per heavy atom. The van der Waals surface area contributed by atoms with Crippen LogP contribution in [0.3, 0.4) is 0 Å². The predicted molar refractivity (Wildman–Crippen MR) is 75.9 cm³/mol. The van der Waals surface area contributed by atoms with E-state index in [1.54, 1.807) is 24.0 Å². The highest BCUT2D eigenvalue weighted by Crippen LogP contribution is 2.31. The van der Waals surface area contributed by atoms with E-state index < -0.39 is 5.97 Å². The Morgan fingerprint density at radius 1 is 1.24 bits per heavy atom. The number of hydrogen-bond donors (Lipinski definition) is 1. The van der Waals surface area contributed by atoms with Crippen LogP contribution in [-0.2, 0) is 4.79 Å². The van der Waals surface area contributed by atoms with Crippen molar-refractivity contribution in [2.75, 3.05) is 26.3 Å². The first-order valence-corrected chi connectivity index (χ1v) is 7.03. The van der Waals surface area contributed by atoms with Gasteiger partial charge in [-0.15, -0.1) is 0 Å². The van der Waals surface area contributed by atoms with E-state index in [0.717, 1.165) is 25.9 Å². The summed E-state index contributed by atoms with van der Waals surface area (Å²) in [5.41, 5.74) is -0.00447. The number of carboxylic acids is 1. The molecule has 6 heteroatoms. The number of hydrogen-bond acceptors (Lipinski definition) is 4. The van der Waals surface area contributed by atoms with Crippen molar-refractivity contribution in [3.05, 3.63) is 23.8 Å². The maximum atomic E-state index is 12.0. The Labute approximate surface area is 123 Å². The SMILES string of the molecule is CCOc1cccc(C(=O)O)c1OCC(=O)N1CCCC1. The minimum absolute atomic E-state index is 0.00447. The summed E-state index contributed by atoms with van der Waals surface area (Å²) in [4.78, 5) is 25.0. The lowest BCUT2D eigenvalue weighted by atomic mass is 10.2. The van der Waals surface area contributed by atoms with Crippen molar-refractivity contribution in [3.63, 3.8) is 0 Å². The molecule has 21 heavy (non-hydrogen) atoms. The molecule has 1 fully saturated rings. The number of rotatable bonds is 6. The molecule has 0 bridgehead atoms. The van der Waals surface area contributed by atoms with Crippen LogP contribution in [0.15, 0.2) is 18.2 Å². The monoisotopic (exact) mass is 293 g/mol. The molecule has 0 saturated carbocycles. The minimum Gasteiger partial charge on any atom is -0.490 e. The number of para-hydroxylation sites is 1. The van der Waals surface area contributed by atoms with Crippen LogP contribution < -0.4 is 9.47 Å². The van der Waals surface area contributed by atoms with Gasteiger partial charge < -0.3 is 19.5 Å². The van der Waals surface area contributed by atoms with Gasteiger partial charge in [-0.25, -0.2) is 4.79 Å². The van der Waals surface area contributed by atoms with E-state index in [1.165, 1.54) is 6.07 Å². The van der Waals surface area contributed by atoms with Crippen molar-refractivity contribution in [3.8, 4) is 11.5 Å². The van der Waals surface area contributed by atoms with E-state index >= 15 is 0 Å². The number of carbonyl (C=O) groups excluding carboxylic acids is 1. The number of amides is 1. The van der Waals surface area contributed by atoms with Crippen LogP contribution in [0, 0.1) is 0 Å². The molecule has 1 aromatic rings. The fourth-order valence-electron chi connectivity index (χ4n) is 2.29. The third kappa shape index (κ3) is 3.65. The highest BCUT2D eigenvalue weighted by atomic mass is 16.5. The molecule has 1 aromatic carbocycles. The molecule has 6 nitrogen and oxygen atoms in total. The second-order valence-corrected chi connectivity index (χ2v) is 4.75. The lowest BCUT2D eigenvalue weighted by Gasteiger charge is -2.17. The first-order chi connectivity index (χ1) is 10.1. The second-order valence-electron chi connectivity index (χ2n) is 4.75. The minimum atomic E-state index is -1.11. The normalized spacial score (nSPS) is 14.0. The van der Waals surface area contributed by atoms with Crippen molar-refractivity contribution >= 4 is 11.9 Å². The van der Waals surface area contributed by atoms with Gasteiger partial charge in [0.1, 0.15) is 5.56 Å². The Balaban J connectivity index is 2.12. The first-order valence-electron chi connectivity index (χ1n) is 7.03. The van der Waals surface area contributed by atoms with Crippen LogP contribution >= 0.6 is 0 Å². The molecular weight excluding hydrogens is 274 g/mol. The second kappa shape index (κ2) is 6.97. The van der Waals surface area contributed by atoms with Gasteiger partial charge in [0.2, 0.25) is 0 Å². The van der Waals surface area contributed by atoms with Gasteiger partial charge in [0.25, 0.3) is 5.91 Å². The molecular formula is C15H19NO5. The van der Waals surface area contributed by atoms with Crippen molar-refractivity contribution in [1.82, 2.24) is 4.90 Å². The number of ether oxygens (including phenoxy) is 2. The summed E-state index contributed by atoms with van der Waals surface area (Å²) >= 11 is 0. The Morgan fingerprint density at radius 2 is 1.95 bits per heavy atom. The van der Waals surface area contributed by atoms with Gasteiger partial charge in [0.15, 0.2) is 18.1 Å². The summed E-state index contributed by atoms with van der Waals surface area (Å²) in [7, 11) is 0. The van der Waals surface area contributed by atoms with Crippen LogP contribution in [0.2, 0.25) is 0 Å². The topological polar surface area (TPSA) is 76.1 Å². The molecule has 1 amide bonds. The average Bonchev–Trinajstić information content (AvgIpc) is 2.99. The lowest BCUT2D eigenvalue weighted by Crippen LogP contribution is -2.32. The van der Waals surface area contributed by atoms with E-state index in [9.17, 15) is 14.7 Å². The molecule has 1 aliphatic heterocycles. The molecule has 0 atom stereocenters. The molecule has 114 valence electrons. The molecule has 2 rings (SSSR count). The van der Waals surface area contributed by atoms with E-state index in [2.05, 4.69) is 0 Å². The average molecular weight is 293 g/mol. The third-order valence-electron chi connectivity index (χ3n) is 3.31. The number of carboxylic acid groups (broad SMARTS) is 1. The standard InChI is InChI=1S/C15H19NO5/c1-2-20-12-7-5-6-11(15(18)19)14(12)21-10-13(17)16-8-3-4-9-16/h5-7H,2-4,8-10H2,1H3,(H,18,19). The lowest BCUT2D eigenvalue weighted by molar-refractivity contribution is -0.132. The number of aromatic carboxylic acids is 1. The largest absolute Gasteiger partial charge is 0.490 e. The van der Waals surface area contributed by atoms with E-state index in [4.69, 9.17) is 9.47 Å². The molecule has 0 aromatic heterocycles. The van der Waals surface area contributed by atoms with Crippen molar-refractivity contribution in [1.29, 1.82) is 0 Å². The summed E-state index contributed by atoms with van der Waals surface area (Å²) in [5, 5.41) is 9.20. The summed E-state index contributed by atoms with van der Waals surface area (Å²) in [6.45, 7) is 3.48. The van der Waals surface area contributed by atoms with E-state index in [0.29, 0.717) is 12.4 Å². The summed E-state index contributed by atoms with van der Waals surface area (Å²) in [5.74, 6) is -0.790. The fraction of sp³-hybridized carbons (Fsp3) is 0.467. The number of nitrogens with zero attached hydrogens (tertiary/aromatic N) is 1. The molecule has 0 aliphatic carbocycles. The first kappa shape index (κ1) is 15.2. The third-order valence-corrected chi connectivity index (χ3v) is 3.31. The summed E-state index contributed by atoms with van der Waals surface area (Å²) in [6, 6.07) is 4.65. The Kier molecular flexibility index (Phi) is 5.03. The van der Waals surface area contributed by atoms with Crippen molar-refractivity contribution in [2.45, 2.75) is 19.8 Å². The molecule has 1 heterocycles. The smallest absolute Gasteiger partial charge is 0.339 e. The molecule has 0 unspecified atom stereocenters.